The molecule has 0 amide bonds. The zero-order chi connectivity index (χ0) is 13.3. The van der Waals surface area contributed by atoms with Gasteiger partial charge in [0.05, 0.1) is 0 Å². The van der Waals surface area contributed by atoms with Gasteiger partial charge in [0.25, 0.3) is 0 Å². The first kappa shape index (κ1) is 13.1. The zero-order valence-corrected chi connectivity index (χ0v) is 11.3. The first-order chi connectivity index (χ1) is 8.49. The molecule has 1 unspecified atom stereocenters. The van der Waals surface area contributed by atoms with E-state index in [9.17, 15) is 4.79 Å². The molecule has 2 heterocycles. The summed E-state index contributed by atoms with van der Waals surface area (Å²) in [7, 11) is 0. The van der Waals surface area contributed by atoms with Crippen molar-refractivity contribution < 1.29 is 14.3 Å². The van der Waals surface area contributed by atoms with Crippen LogP contribution in [0, 0.1) is 12.8 Å². The smallest absolute Gasteiger partial charge is 0.371 e. The molecule has 0 aromatic carbocycles. The van der Waals surface area contributed by atoms with Crippen molar-refractivity contribution in [3.63, 3.8) is 0 Å². The van der Waals surface area contributed by atoms with Crippen LogP contribution in [0.2, 0.25) is 0 Å². The lowest BCUT2D eigenvalue weighted by Crippen LogP contribution is -2.32. The Morgan fingerprint density at radius 3 is 2.89 bits per heavy atom. The van der Waals surface area contributed by atoms with Crippen molar-refractivity contribution >= 4 is 5.97 Å². The lowest BCUT2D eigenvalue weighted by atomic mass is 10.0. The molecule has 2 rings (SSSR count). The Balaban J connectivity index is 2.11. The highest BCUT2D eigenvalue weighted by molar-refractivity contribution is 5.84. The van der Waals surface area contributed by atoms with Gasteiger partial charge in [-0.3, -0.25) is 4.90 Å². The molecule has 18 heavy (non-hydrogen) atoms. The van der Waals surface area contributed by atoms with Gasteiger partial charge in [-0.2, -0.15) is 0 Å². The Morgan fingerprint density at radius 2 is 2.33 bits per heavy atom. The topological polar surface area (TPSA) is 53.7 Å². The summed E-state index contributed by atoms with van der Waals surface area (Å²) in [6, 6.07) is 2.26. The molecule has 1 aliphatic rings. The number of rotatable bonds is 4. The molecule has 100 valence electrons. The lowest BCUT2D eigenvalue weighted by molar-refractivity contribution is 0.0661. The Morgan fingerprint density at radius 1 is 1.61 bits per heavy atom. The predicted octanol–water partition coefficient (Wildman–Crippen LogP) is 2.91. The number of carbonyl (C=O) groups is 1. The van der Waals surface area contributed by atoms with E-state index >= 15 is 0 Å². The summed E-state index contributed by atoms with van der Waals surface area (Å²) in [6.07, 6.45) is 2.46. The van der Waals surface area contributed by atoms with Crippen LogP contribution in [-0.4, -0.2) is 28.6 Å². The summed E-state index contributed by atoms with van der Waals surface area (Å²) >= 11 is 0. The maximum absolute atomic E-state index is 10.9. The number of hydrogen-bond donors (Lipinski definition) is 1. The number of nitrogens with zero attached hydrogens (tertiary/aromatic N) is 1. The number of hydrogen-bond acceptors (Lipinski definition) is 3. The van der Waals surface area contributed by atoms with Crippen LogP contribution in [0.15, 0.2) is 10.5 Å². The van der Waals surface area contributed by atoms with E-state index in [0.717, 1.165) is 24.4 Å². The van der Waals surface area contributed by atoms with Gasteiger partial charge >= 0.3 is 5.97 Å². The monoisotopic (exact) mass is 251 g/mol. The largest absolute Gasteiger partial charge is 0.475 e. The van der Waals surface area contributed by atoms with Crippen LogP contribution < -0.4 is 0 Å². The van der Waals surface area contributed by atoms with Crippen molar-refractivity contribution in [3.8, 4) is 0 Å². The van der Waals surface area contributed by atoms with Gasteiger partial charge in [0.15, 0.2) is 0 Å². The van der Waals surface area contributed by atoms with E-state index in [4.69, 9.17) is 9.52 Å². The van der Waals surface area contributed by atoms with Crippen LogP contribution in [0.4, 0.5) is 0 Å². The highest BCUT2D eigenvalue weighted by Crippen LogP contribution is 2.27. The van der Waals surface area contributed by atoms with Gasteiger partial charge < -0.3 is 9.52 Å². The van der Waals surface area contributed by atoms with E-state index in [2.05, 4.69) is 18.7 Å². The summed E-state index contributed by atoms with van der Waals surface area (Å²) < 4.78 is 5.26. The molecule has 1 atom stereocenters. The highest BCUT2D eigenvalue weighted by atomic mass is 16.4. The third-order valence-electron chi connectivity index (χ3n) is 3.79. The normalized spacial score (nSPS) is 20.8. The average Bonchev–Trinajstić information content (AvgIpc) is 2.87. The molecule has 1 fully saturated rings. The van der Waals surface area contributed by atoms with Crippen LogP contribution in [0.25, 0.3) is 0 Å². The minimum absolute atomic E-state index is 0.0443. The van der Waals surface area contributed by atoms with Gasteiger partial charge in [-0.1, -0.05) is 13.8 Å². The van der Waals surface area contributed by atoms with Crippen molar-refractivity contribution in [3.05, 3.63) is 23.2 Å². The molecule has 1 aromatic rings. The van der Waals surface area contributed by atoms with Crippen molar-refractivity contribution in [2.75, 3.05) is 6.54 Å². The molecule has 0 radical (unpaired) electrons. The van der Waals surface area contributed by atoms with Gasteiger partial charge in [-0.15, -0.1) is 0 Å². The van der Waals surface area contributed by atoms with E-state index in [1.807, 2.05) is 6.92 Å². The number of aryl methyl sites for hydroxylation is 1. The van der Waals surface area contributed by atoms with Crippen LogP contribution in [0.1, 0.15) is 48.6 Å². The molecule has 4 nitrogen and oxygen atoms in total. The standard InChI is InChI=1S/C14H21NO3/c1-9(2)12-5-4-6-15(12)8-11-7-13(14(16)17)18-10(11)3/h7,9,12H,4-6,8H2,1-3H3,(H,16,17). The summed E-state index contributed by atoms with van der Waals surface area (Å²) in [4.78, 5) is 13.3. The fourth-order valence-corrected chi connectivity index (χ4v) is 2.80. The van der Waals surface area contributed by atoms with E-state index in [0.29, 0.717) is 12.0 Å². The molecular formula is C14H21NO3. The maximum Gasteiger partial charge on any atom is 0.371 e. The number of carboxylic acid groups (broad SMARTS) is 1. The first-order valence-electron chi connectivity index (χ1n) is 6.55. The summed E-state index contributed by atoms with van der Waals surface area (Å²) in [5.41, 5.74) is 1.000. The minimum Gasteiger partial charge on any atom is -0.475 e. The predicted molar refractivity (Wildman–Crippen MR) is 68.7 cm³/mol. The number of furan rings is 1. The summed E-state index contributed by atoms with van der Waals surface area (Å²) in [5.74, 6) is 0.412. The lowest BCUT2D eigenvalue weighted by Gasteiger charge is -2.27. The SMILES string of the molecule is Cc1oc(C(=O)O)cc1CN1CCCC1C(C)C. The Labute approximate surface area is 108 Å². The summed E-state index contributed by atoms with van der Waals surface area (Å²) in [5, 5.41) is 8.92. The Bertz CT molecular complexity index is 436. The molecule has 1 saturated heterocycles. The van der Waals surface area contributed by atoms with E-state index in [-0.39, 0.29) is 5.76 Å². The number of likely N-dealkylation sites (tertiary alicyclic amines) is 1. The fourth-order valence-electron chi connectivity index (χ4n) is 2.80. The van der Waals surface area contributed by atoms with Gasteiger partial charge in [0.2, 0.25) is 5.76 Å². The maximum atomic E-state index is 10.9. The molecule has 0 aliphatic carbocycles. The van der Waals surface area contributed by atoms with Crippen molar-refractivity contribution in [1.82, 2.24) is 4.90 Å². The molecule has 1 aromatic heterocycles. The van der Waals surface area contributed by atoms with Crippen LogP contribution in [0.3, 0.4) is 0 Å². The van der Waals surface area contributed by atoms with Crippen LogP contribution in [-0.2, 0) is 6.54 Å². The number of aromatic carboxylic acids is 1. The number of carboxylic acids is 1. The quantitative estimate of drug-likeness (QED) is 0.894. The minimum atomic E-state index is -0.994. The van der Waals surface area contributed by atoms with Crippen molar-refractivity contribution in [1.29, 1.82) is 0 Å². The Kier molecular flexibility index (Phi) is 3.76. The molecule has 1 N–H and O–H groups in total. The van der Waals surface area contributed by atoms with E-state index < -0.39 is 5.97 Å². The van der Waals surface area contributed by atoms with Crippen LogP contribution in [0.5, 0.6) is 0 Å². The van der Waals surface area contributed by atoms with Gasteiger partial charge in [0.1, 0.15) is 5.76 Å². The third kappa shape index (κ3) is 2.58. The van der Waals surface area contributed by atoms with Crippen molar-refractivity contribution in [2.24, 2.45) is 5.92 Å². The molecule has 1 aliphatic heterocycles. The zero-order valence-electron chi connectivity index (χ0n) is 11.3. The van der Waals surface area contributed by atoms with Gasteiger partial charge in [0, 0.05) is 18.2 Å². The van der Waals surface area contributed by atoms with E-state index in [1.165, 1.54) is 12.8 Å². The molecule has 4 heteroatoms. The highest BCUT2D eigenvalue weighted by Gasteiger charge is 2.28. The second-order valence-corrected chi connectivity index (χ2v) is 5.42. The van der Waals surface area contributed by atoms with Gasteiger partial charge in [-0.05, 0) is 38.3 Å². The average molecular weight is 251 g/mol. The van der Waals surface area contributed by atoms with Crippen molar-refractivity contribution in [2.45, 2.75) is 46.2 Å². The molecular weight excluding hydrogens is 230 g/mol. The molecule has 0 spiro atoms. The van der Waals surface area contributed by atoms with Gasteiger partial charge in [-0.25, -0.2) is 4.79 Å². The van der Waals surface area contributed by atoms with E-state index in [1.54, 1.807) is 6.07 Å². The molecule has 0 saturated carbocycles. The van der Waals surface area contributed by atoms with Crippen LogP contribution >= 0.6 is 0 Å². The Hall–Kier alpha value is -1.29. The first-order valence-corrected chi connectivity index (χ1v) is 6.55. The molecule has 0 bridgehead atoms. The summed E-state index contributed by atoms with van der Waals surface area (Å²) in [6.45, 7) is 8.21. The second-order valence-electron chi connectivity index (χ2n) is 5.42. The fraction of sp³-hybridized carbons (Fsp3) is 0.643. The second kappa shape index (κ2) is 5.14. The third-order valence-corrected chi connectivity index (χ3v) is 3.79.